The smallest absolute Gasteiger partial charge is 0.284 e. The van der Waals surface area contributed by atoms with E-state index in [0.717, 1.165) is 10.5 Å². The Kier molecular flexibility index (Phi) is 3.91. The third-order valence-electron chi connectivity index (χ3n) is 2.94. The maximum atomic E-state index is 4.18. The van der Waals surface area contributed by atoms with Crippen LogP contribution in [0.3, 0.4) is 0 Å². The van der Waals surface area contributed by atoms with Crippen molar-refractivity contribution in [3.8, 4) is 0 Å². The SMILES string of the molecule is CN1C=C[NH+](C)C1N=N/C=N/N=c1n(C)ccn1C. The predicted octanol–water partition coefficient (Wildman–Crippen LogP) is -1.13. The highest BCUT2D eigenvalue weighted by Crippen LogP contribution is 1.96. The van der Waals surface area contributed by atoms with Crippen molar-refractivity contribution in [1.29, 1.82) is 0 Å². The minimum absolute atomic E-state index is 0.0300. The zero-order chi connectivity index (χ0) is 13.8. The summed E-state index contributed by atoms with van der Waals surface area (Å²) in [6.07, 6.45) is 9.14. The zero-order valence-electron chi connectivity index (χ0n) is 11.6. The average Bonchev–Trinajstić information content (AvgIpc) is 2.86. The largest absolute Gasteiger partial charge is 0.319 e. The first-order valence-electron chi connectivity index (χ1n) is 5.96. The summed E-state index contributed by atoms with van der Waals surface area (Å²) in [7, 11) is 7.80. The predicted molar refractivity (Wildman–Crippen MR) is 70.9 cm³/mol. The van der Waals surface area contributed by atoms with Crippen LogP contribution >= 0.6 is 0 Å². The Labute approximate surface area is 111 Å². The number of nitrogens with one attached hydrogen (secondary N) is 1. The first-order valence-corrected chi connectivity index (χ1v) is 5.96. The molecule has 0 saturated heterocycles. The Morgan fingerprint density at radius 3 is 2.47 bits per heavy atom. The van der Waals surface area contributed by atoms with Crippen LogP contribution in [0.4, 0.5) is 0 Å². The summed E-state index contributed by atoms with van der Waals surface area (Å²) in [6.45, 7) is 0. The molecule has 0 radical (unpaired) electrons. The molecule has 0 spiro atoms. The summed E-state index contributed by atoms with van der Waals surface area (Å²) in [6, 6.07) is 0. The van der Waals surface area contributed by atoms with Crippen molar-refractivity contribution in [1.82, 2.24) is 14.0 Å². The van der Waals surface area contributed by atoms with Crippen LogP contribution in [-0.4, -0.2) is 40.8 Å². The zero-order valence-corrected chi connectivity index (χ0v) is 11.6. The number of imidazole rings is 1. The minimum Gasteiger partial charge on any atom is -0.319 e. The molecule has 2 unspecified atom stereocenters. The number of aromatic nitrogens is 2. The van der Waals surface area contributed by atoms with Crippen LogP contribution in [0.5, 0.6) is 0 Å². The first-order chi connectivity index (χ1) is 9.09. The second-order valence-corrected chi connectivity index (χ2v) is 4.48. The van der Waals surface area contributed by atoms with Gasteiger partial charge in [-0.25, -0.2) is 0 Å². The van der Waals surface area contributed by atoms with Crippen molar-refractivity contribution in [2.24, 2.45) is 34.5 Å². The quantitative estimate of drug-likeness (QED) is 0.319. The average molecular weight is 263 g/mol. The Bertz CT molecular complexity index is 541. The summed E-state index contributed by atoms with van der Waals surface area (Å²) in [4.78, 5) is 3.14. The van der Waals surface area contributed by atoms with E-state index < -0.39 is 0 Å². The number of aryl methyl sites for hydroxylation is 2. The number of hydrogen-bond donors (Lipinski definition) is 1. The van der Waals surface area contributed by atoms with E-state index >= 15 is 0 Å². The fourth-order valence-corrected chi connectivity index (χ4v) is 1.81. The topological polar surface area (TPSA) is 67.0 Å². The molecule has 8 heteroatoms. The molecule has 19 heavy (non-hydrogen) atoms. The molecule has 1 aromatic heterocycles. The Morgan fingerprint density at radius 1 is 1.21 bits per heavy atom. The van der Waals surface area contributed by atoms with Crippen LogP contribution in [0.25, 0.3) is 0 Å². The van der Waals surface area contributed by atoms with Crippen LogP contribution in [0, 0.1) is 0 Å². The van der Waals surface area contributed by atoms with Crippen molar-refractivity contribution in [2.75, 3.05) is 14.1 Å². The van der Waals surface area contributed by atoms with Crippen LogP contribution in [0.2, 0.25) is 0 Å². The van der Waals surface area contributed by atoms with Crippen molar-refractivity contribution in [3.63, 3.8) is 0 Å². The lowest BCUT2D eigenvalue weighted by Crippen LogP contribution is -3.08. The maximum Gasteiger partial charge on any atom is 0.284 e. The molecule has 0 amide bonds. The molecule has 0 aliphatic carbocycles. The van der Waals surface area contributed by atoms with Crippen molar-refractivity contribution >= 4 is 6.34 Å². The molecule has 2 heterocycles. The number of azo groups is 1. The molecule has 0 aromatic carbocycles. The Balaban J connectivity index is 2.00. The summed E-state index contributed by atoms with van der Waals surface area (Å²) in [5, 5.41) is 16.1. The van der Waals surface area contributed by atoms with Gasteiger partial charge >= 0.3 is 0 Å². The molecular formula is C11H19N8+. The third kappa shape index (κ3) is 2.97. The second-order valence-electron chi connectivity index (χ2n) is 4.48. The summed E-state index contributed by atoms with van der Waals surface area (Å²) in [5.41, 5.74) is 0.744. The van der Waals surface area contributed by atoms with Gasteiger partial charge in [0.25, 0.3) is 6.29 Å². The van der Waals surface area contributed by atoms with Gasteiger partial charge in [0.2, 0.25) is 5.62 Å². The monoisotopic (exact) mass is 263 g/mol. The Hall–Kier alpha value is -2.22. The van der Waals surface area contributed by atoms with Gasteiger partial charge in [-0.2, -0.15) is 0 Å². The fourth-order valence-electron chi connectivity index (χ4n) is 1.81. The minimum atomic E-state index is -0.0300. The molecule has 1 aliphatic heterocycles. The number of nitrogens with zero attached hydrogens (tertiary/aromatic N) is 7. The van der Waals surface area contributed by atoms with Gasteiger partial charge in [0, 0.05) is 33.5 Å². The van der Waals surface area contributed by atoms with Gasteiger partial charge in [-0.1, -0.05) is 0 Å². The molecule has 2 atom stereocenters. The molecule has 1 aliphatic rings. The highest BCUT2D eigenvalue weighted by Gasteiger charge is 2.24. The number of rotatable bonds is 3. The normalized spacial score (nSPS) is 23.1. The van der Waals surface area contributed by atoms with E-state index in [4.69, 9.17) is 0 Å². The van der Waals surface area contributed by atoms with Gasteiger partial charge in [-0.3, -0.25) is 4.90 Å². The van der Waals surface area contributed by atoms with Gasteiger partial charge < -0.3 is 14.0 Å². The van der Waals surface area contributed by atoms with E-state index in [2.05, 4.69) is 20.4 Å². The lowest BCUT2D eigenvalue weighted by Gasteiger charge is -2.16. The summed E-state index contributed by atoms with van der Waals surface area (Å²) < 4.78 is 3.75. The molecule has 1 aromatic rings. The molecule has 1 N–H and O–H groups in total. The molecule has 8 nitrogen and oxygen atoms in total. The van der Waals surface area contributed by atoms with Gasteiger partial charge in [0.1, 0.15) is 6.20 Å². The van der Waals surface area contributed by atoms with Gasteiger partial charge in [0.15, 0.2) is 6.34 Å². The molecule has 102 valence electrons. The lowest BCUT2D eigenvalue weighted by atomic mass is 10.7. The lowest BCUT2D eigenvalue weighted by molar-refractivity contribution is -0.856. The highest BCUT2D eigenvalue weighted by atomic mass is 15.5. The highest BCUT2D eigenvalue weighted by molar-refractivity contribution is 5.53. The van der Waals surface area contributed by atoms with Gasteiger partial charge in [0.05, 0.1) is 13.2 Å². The van der Waals surface area contributed by atoms with Crippen LogP contribution in [0.1, 0.15) is 0 Å². The Morgan fingerprint density at radius 2 is 1.89 bits per heavy atom. The van der Waals surface area contributed by atoms with Gasteiger partial charge in [-0.15, -0.1) is 20.4 Å². The molecule has 0 saturated carbocycles. The third-order valence-corrected chi connectivity index (χ3v) is 2.94. The number of hydrogen-bond acceptors (Lipinski definition) is 4. The van der Waals surface area contributed by atoms with Gasteiger partial charge in [-0.05, 0) is 0 Å². The molecule has 0 bridgehead atoms. The van der Waals surface area contributed by atoms with Crippen LogP contribution in [0.15, 0.2) is 45.2 Å². The van der Waals surface area contributed by atoms with E-state index in [0.29, 0.717) is 0 Å². The van der Waals surface area contributed by atoms with Crippen LogP contribution < -0.4 is 10.5 Å². The summed E-state index contributed by atoms with van der Waals surface area (Å²) >= 11 is 0. The van der Waals surface area contributed by atoms with E-state index in [9.17, 15) is 0 Å². The fraction of sp³-hybridized carbons (Fsp3) is 0.455. The molecule has 2 rings (SSSR count). The summed E-state index contributed by atoms with van der Waals surface area (Å²) in [5.74, 6) is 0. The van der Waals surface area contributed by atoms with E-state index in [1.54, 1.807) is 0 Å². The standard InChI is InChI=1S/C11H18N8/c1-16-5-6-17(2)10(16)14-12-9-13-15-11-18(3)7-8-19(11)4/h5-10H,1-4H3/p+1/b13-9+,14-12?. The van der Waals surface area contributed by atoms with Crippen LogP contribution in [-0.2, 0) is 14.1 Å². The maximum absolute atomic E-state index is 4.18. The van der Waals surface area contributed by atoms with Crippen molar-refractivity contribution in [2.45, 2.75) is 6.29 Å². The molecular weight excluding hydrogens is 244 g/mol. The van der Waals surface area contributed by atoms with Crippen molar-refractivity contribution < 1.29 is 4.90 Å². The van der Waals surface area contributed by atoms with E-state index in [1.807, 2.05) is 67.0 Å². The number of quaternary nitrogens is 1. The van der Waals surface area contributed by atoms with E-state index in [1.165, 1.54) is 6.34 Å². The van der Waals surface area contributed by atoms with E-state index in [-0.39, 0.29) is 6.29 Å². The van der Waals surface area contributed by atoms with Crippen molar-refractivity contribution in [3.05, 3.63) is 30.4 Å². The molecule has 0 fully saturated rings. The first kappa shape index (κ1) is 13.2. The second kappa shape index (κ2) is 5.61.